The van der Waals surface area contributed by atoms with E-state index in [-0.39, 0.29) is 0 Å². The number of hydrogen-bond acceptors (Lipinski definition) is 3. The molecule has 29 heavy (non-hydrogen) atoms. The summed E-state index contributed by atoms with van der Waals surface area (Å²) in [4.78, 5) is 0. The van der Waals surface area contributed by atoms with Gasteiger partial charge in [-0.15, -0.1) is 0 Å². The highest BCUT2D eigenvalue weighted by atomic mass is 16.3. The lowest BCUT2D eigenvalue weighted by molar-refractivity contribution is 0.592. The Morgan fingerprint density at radius 1 is 0.621 bits per heavy atom. The molecule has 4 aromatic carbocycles. The number of furan rings is 2. The van der Waals surface area contributed by atoms with E-state index in [1.165, 1.54) is 0 Å². The summed E-state index contributed by atoms with van der Waals surface area (Å²) in [7, 11) is 0. The maximum absolute atomic E-state index is 10.1. The highest BCUT2D eigenvalue weighted by Crippen LogP contribution is 2.35. The van der Waals surface area contributed by atoms with E-state index >= 15 is 0 Å². The quantitative estimate of drug-likeness (QED) is 0.379. The highest BCUT2D eigenvalue weighted by Gasteiger charge is 2.17. The fraction of sp³-hybridized carbons (Fsp3) is 0.0400. The fourth-order valence-electron chi connectivity index (χ4n) is 4.23. The van der Waals surface area contributed by atoms with E-state index in [2.05, 4.69) is 30.3 Å². The minimum Gasteiger partial charge on any atom is -0.457 e. The van der Waals surface area contributed by atoms with Gasteiger partial charge in [0.25, 0.3) is 0 Å². The van der Waals surface area contributed by atoms with Crippen molar-refractivity contribution in [2.24, 2.45) is 0 Å². The Bertz CT molecular complexity index is 1540. The zero-order chi connectivity index (χ0) is 19.5. The lowest BCUT2D eigenvalue weighted by Crippen LogP contribution is -2.26. The Kier molecular flexibility index (Phi) is 3.40. The molecular weight excluding hydrogens is 359 g/mol. The van der Waals surface area contributed by atoms with Crippen LogP contribution in [0.5, 0.6) is 0 Å². The van der Waals surface area contributed by atoms with Gasteiger partial charge in [0, 0.05) is 21.5 Å². The number of rotatable bonds is 2. The summed E-state index contributed by atoms with van der Waals surface area (Å²) in [5.41, 5.74) is 6.44. The molecule has 0 aliphatic heterocycles. The Balaban J connectivity index is 1.58. The molecule has 0 aliphatic carbocycles. The summed E-state index contributed by atoms with van der Waals surface area (Å²) in [5, 5.41) is 14.4. The summed E-state index contributed by atoms with van der Waals surface area (Å²) < 4.78 is 12.0. The first-order valence-electron chi connectivity index (χ1n) is 9.74. The van der Waals surface area contributed by atoms with E-state index in [0.717, 1.165) is 60.5 Å². The Labute approximate surface area is 167 Å². The molecule has 0 fully saturated rings. The van der Waals surface area contributed by atoms with Crippen LogP contribution in [0.2, 0.25) is 6.82 Å². The second-order valence-corrected chi connectivity index (χ2v) is 7.52. The molecule has 1 N–H and O–H groups in total. The molecular formula is C25H17BO3. The number of fused-ring (bicyclic) bond motifs is 6. The van der Waals surface area contributed by atoms with Crippen molar-refractivity contribution in [3.05, 3.63) is 78.9 Å². The van der Waals surface area contributed by atoms with Crippen LogP contribution in [-0.4, -0.2) is 11.9 Å². The summed E-state index contributed by atoms with van der Waals surface area (Å²) in [5.74, 6) is 0. The van der Waals surface area contributed by atoms with Gasteiger partial charge in [0.15, 0.2) is 0 Å². The molecule has 138 valence electrons. The van der Waals surface area contributed by atoms with E-state index in [9.17, 15) is 5.02 Å². The summed E-state index contributed by atoms with van der Waals surface area (Å²) in [6, 6.07) is 26.6. The van der Waals surface area contributed by atoms with E-state index < -0.39 is 6.92 Å². The normalized spacial score (nSPS) is 11.8. The van der Waals surface area contributed by atoms with Gasteiger partial charge in [0.1, 0.15) is 22.3 Å². The lowest BCUT2D eigenvalue weighted by Gasteiger charge is -2.02. The predicted octanol–water partition coefficient (Wildman–Crippen LogP) is 5.97. The van der Waals surface area contributed by atoms with Gasteiger partial charge < -0.3 is 13.9 Å². The van der Waals surface area contributed by atoms with Gasteiger partial charge in [0.05, 0.1) is 0 Å². The van der Waals surface area contributed by atoms with E-state index in [1.54, 1.807) is 6.82 Å². The summed E-state index contributed by atoms with van der Waals surface area (Å²) >= 11 is 0. The number of benzene rings is 4. The average molecular weight is 376 g/mol. The van der Waals surface area contributed by atoms with Crippen molar-refractivity contribution >= 4 is 56.3 Å². The predicted molar refractivity (Wildman–Crippen MR) is 120 cm³/mol. The van der Waals surface area contributed by atoms with Crippen molar-refractivity contribution in [1.29, 1.82) is 0 Å². The van der Waals surface area contributed by atoms with Crippen LogP contribution < -0.4 is 5.46 Å². The summed E-state index contributed by atoms with van der Waals surface area (Å²) in [6.07, 6.45) is 0. The molecule has 2 heterocycles. The minimum absolute atomic E-state index is 0.574. The molecule has 0 amide bonds. The molecule has 2 aromatic heterocycles. The topological polar surface area (TPSA) is 46.5 Å². The van der Waals surface area contributed by atoms with Crippen molar-refractivity contribution in [2.75, 3.05) is 0 Å². The average Bonchev–Trinajstić information content (AvgIpc) is 3.30. The first-order chi connectivity index (χ1) is 14.2. The highest BCUT2D eigenvalue weighted by molar-refractivity contribution is 6.67. The largest absolute Gasteiger partial charge is 0.457 e. The molecule has 0 saturated heterocycles. The molecule has 0 saturated carbocycles. The third-order valence-corrected chi connectivity index (χ3v) is 5.69. The number of hydrogen-bond donors (Lipinski definition) is 1. The van der Waals surface area contributed by atoms with Crippen LogP contribution >= 0.6 is 0 Å². The van der Waals surface area contributed by atoms with Gasteiger partial charge in [-0.3, -0.25) is 0 Å². The van der Waals surface area contributed by atoms with E-state index in [4.69, 9.17) is 8.83 Å². The fourth-order valence-corrected chi connectivity index (χ4v) is 4.23. The minimum atomic E-state index is -0.574. The maximum atomic E-state index is 10.1. The SMILES string of the molecule is CB(O)c1cccc2c1oc1ccc(-c3ccc4oc5ccccc5c4c3)cc12. The second-order valence-electron chi connectivity index (χ2n) is 7.52. The van der Waals surface area contributed by atoms with Crippen LogP contribution in [0.15, 0.2) is 87.7 Å². The standard InChI is InChI=1S/C25H17BO3/c1-26(27)21-7-4-6-18-20-14-16(10-12-24(20)29-25(18)21)15-9-11-23-19(13-15)17-5-2-3-8-22(17)28-23/h2-14,27H,1H3. The second kappa shape index (κ2) is 6.00. The van der Waals surface area contributed by atoms with Gasteiger partial charge in [0.2, 0.25) is 0 Å². The molecule has 0 atom stereocenters. The van der Waals surface area contributed by atoms with Crippen LogP contribution in [0.4, 0.5) is 0 Å². The van der Waals surface area contributed by atoms with Crippen molar-refractivity contribution < 1.29 is 13.9 Å². The maximum Gasteiger partial charge on any atom is 0.324 e. The van der Waals surface area contributed by atoms with Crippen molar-refractivity contribution in [3.63, 3.8) is 0 Å². The zero-order valence-corrected chi connectivity index (χ0v) is 15.8. The summed E-state index contributed by atoms with van der Waals surface area (Å²) in [6.45, 7) is 1.19. The van der Waals surface area contributed by atoms with Gasteiger partial charge in [-0.05, 0) is 46.9 Å². The number of para-hydroxylation sites is 2. The van der Waals surface area contributed by atoms with Gasteiger partial charge in [-0.1, -0.05) is 55.4 Å². The molecule has 3 nitrogen and oxygen atoms in total. The van der Waals surface area contributed by atoms with Gasteiger partial charge >= 0.3 is 6.92 Å². The van der Waals surface area contributed by atoms with E-state index in [1.807, 2.05) is 48.5 Å². The zero-order valence-electron chi connectivity index (χ0n) is 15.8. The van der Waals surface area contributed by atoms with E-state index in [0.29, 0.717) is 0 Å². The van der Waals surface area contributed by atoms with Crippen LogP contribution in [0.3, 0.4) is 0 Å². The van der Waals surface area contributed by atoms with Crippen LogP contribution in [-0.2, 0) is 0 Å². The van der Waals surface area contributed by atoms with Crippen molar-refractivity contribution in [3.8, 4) is 11.1 Å². The molecule has 0 unspecified atom stereocenters. The molecule has 6 rings (SSSR count). The Morgan fingerprint density at radius 2 is 1.24 bits per heavy atom. The van der Waals surface area contributed by atoms with Gasteiger partial charge in [-0.25, -0.2) is 0 Å². The smallest absolute Gasteiger partial charge is 0.324 e. The third-order valence-electron chi connectivity index (χ3n) is 5.69. The molecule has 0 aliphatic rings. The molecule has 4 heteroatoms. The third kappa shape index (κ3) is 2.43. The lowest BCUT2D eigenvalue weighted by atomic mass is 9.64. The molecule has 0 radical (unpaired) electrons. The van der Waals surface area contributed by atoms with Crippen molar-refractivity contribution in [2.45, 2.75) is 6.82 Å². The monoisotopic (exact) mass is 376 g/mol. The van der Waals surface area contributed by atoms with Crippen LogP contribution in [0.25, 0.3) is 55.0 Å². The van der Waals surface area contributed by atoms with Crippen molar-refractivity contribution in [1.82, 2.24) is 0 Å². The first kappa shape index (κ1) is 16.5. The Morgan fingerprint density at radius 3 is 2.00 bits per heavy atom. The molecule has 0 bridgehead atoms. The first-order valence-corrected chi connectivity index (χ1v) is 9.74. The Hall–Kier alpha value is -3.50. The van der Waals surface area contributed by atoms with Crippen LogP contribution in [0, 0.1) is 0 Å². The van der Waals surface area contributed by atoms with Gasteiger partial charge in [-0.2, -0.15) is 0 Å². The molecule has 6 aromatic rings. The van der Waals surface area contributed by atoms with Crippen LogP contribution in [0.1, 0.15) is 0 Å². The molecule has 0 spiro atoms.